The number of hydrogen-bond acceptors (Lipinski definition) is 5. The topological polar surface area (TPSA) is 74.3 Å². The molecule has 0 radical (unpaired) electrons. The summed E-state index contributed by atoms with van der Waals surface area (Å²) in [6, 6.07) is 3.44. The van der Waals surface area contributed by atoms with Gasteiger partial charge < -0.3 is 10.2 Å². The third kappa shape index (κ3) is 5.61. The van der Waals surface area contributed by atoms with Gasteiger partial charge in [-0.05, 0) is 38.6 Å². The van der Waals surface area contributed by atoms with Crippen molar-refractivity contribution in [2.24, 2.45) is 0 Å². The molecule has 1 heterocycles. The molecule has 1 aromatic rings. The predicted molar refractivity (Wildman–Crippen MR) is 86.0 cm³/mol. The molecule has 0 aliphatic heterocycles. The van der Waals surface area contributed by atoms with Gasteiger partial charge in [0, 0.05) is 25.8 Å². The maximum Gasteiger partial charge on any atom is 0.260 e. The average Bonchev–Trinajstić information content (AvgIpc) is 2.47. The third-order valence-corrected chi connectivity index (χ3v) is 4.52. The zero-order valence-electron chi connectivity index (χ0n) is 13.1. The second-order valence-electron chi connectivity index (χ2n) is 4.72. The van der Waals surface area contributed by atoms with E-state index in [0.717, 1.165) is 19.5 Å². The molecule has 0 aliphatic rings. The van der Waals surface area contributed by atoms with Crippen LogP contribution >= 0.6 is 0 Å². The Bertz CT molecular complexity index is 519. The lowest BCUT2D eigenvalue weighted by molar-refractivity contribution is 0.293. The van der Waals surface area contributed by atoms with Gasteiger partial charge in [-0.1, -0.05) is 13.8 Å². The van der Waals surface area contributed by atoms with Crippen molar-refractivity contribution in [2.45, 2.75) is 32.2 Å². The molecule has 21 heavy (non-hydrogen) atoms. The number of pyridine rings is 1. The number of sulfonamides is 1. The summed E-state index contributed by atoms with van der Waals surface area (Å²) in [5.41, 5.74) is 0.536. The first-order chi connectivity index (χ1) is 10.0. The minimum atomic E-state index is -3.58. The number of aromatic nitrogens is 1. The second kappa shape index (κ2) is 8.96. The molecular formula is C14H26N4O2S. The summed E-state index contributed by atoms with van der Waals surface area (Å²) in [5, 5.41) is 3.08. The summed E-state index contributed by atoms with van der Waals surface area (Å²) >= 11 is 0. The van der Waals surface area contributed by atoms with E-state index >= 15 is 0 Å². The number of hydrogen-bond donors (Lipinski definition) is 2. The molecular weight excluding hydrogens is 288 g/mol. The molecule has 6 nitrogen and oxygen atoms in total. The van der Waals surface area contributed by atoms with Crippen molar-refractivity contribution in [3.8, 4) is 0 Å². The van der Waals surface area contributed by atoms with Crippen LogP contribution in [-0.4, -0.2) is 51.0 Å². The van der Waals surface area contributed by atoms with E-state index in [2.05, 4.69) is 33.8 Å². The molecule has 120 valence electrons. The monoisotopic (exact) mass is 314 g/mol. The van der Waals surface area contributed by atoms with Crippen LogP contribution in [0.2, 0.25) is 0 Å². The number of rotatable bonds is 10. The van der Waals surface area contributed by atoms with Crippen LogP contribution in [0.5, 0.6) is 0 Å². The summed E-state index contributed by atoms with van der Waals surface area (Å²) < 4.78 is 27.3. The first-order valence-corrected chi connectivity index (χ1v) is 8.94. The largest absolute Gasteiger partial charge is 0.383 e. The molecule has 0 aliphatic carbocycles. The van der Waals surface area contributed by atoms with Crippen LogP contribution in [0.4, 0.5) is 5.69 Å². The van der Waals surface area contributed by atoms with Gasteiger partial charge >= 0.3 is 0 Å². The van der Waals surface area contributed by atoms with E-state index in [1.807, 2.05) is 6.92 Å². The van der Waals surface area contributed by atoms with Crippen LogP contribution in [0, 0.1) is 0 Å². The van der Waals surface area contributed by atoms with Crippen molar-refractivity contribution in [1.29, 1.82) is 0 Å². The summed E-state index contributed by atoms with van der Waals surface area (Å²) in [6.07, 6.45) is 2.55. The number of likely N-dealkylation sites (N-methyl/N-ethyl adjacent to an activating group) is 1. The summed E-state index contributed by atoms with van der Waals surface area (Å²) in [5.74, 6) is 0. The fourth-order valence-corrected chi connectivity index (χ4v) is 3.21. The average molecular weight is 314 g/mol. The molecule has 0 saturated carbocycles. The van der Waals surface area contributed by atoms with Crippen LogP contribution < -0.4 is 10.0 Å². The number of anilines is 1. The Morgan fingerprint density at radius 2 is 2.00 bits per heavy atom. The molecule has 0 saturated heterocycles. The first-order valence-electron chi connectivity index (χ1n) is 7.46. The van der Waals surface area contributed by atoms with Gasteiger partial charge in [-0.3, -0.25) is 0 Å². The Morgan fingerprint density at radius 1 is 1.24 bits per heavy atom. The van der Waals surface area contributed by atoms with Crippen molar-refractivity contribution < 1.29 is 8.42 Å². The Hall–Kier alpha value is -1.18. The zero-order chi connectivity index (χ0) is 15.7. The highest BCUT2D eigenvalue weighted by atomic mass is 32.2. The highest BCUT2D eigenvalue weighted by Gasteiger charge is 2.19. The standard InChI is InChI=1S/C14H26N4O2S/c1-4-11-18(6-3)12-10-17-21(19,20)14-13(15-5-2)8-7-9-16-14/h7-9,15,17H,4-6,10-12H2,1-3H3. The number of nitrogens with zero attached hydrogens (tertiary/aromatic N) is 2. The van der Waals surface area contributed by atoms with E-state index in [1.54, 1.807) is 12.1 Å². The van der Waals surface area contributed by atoms with Gasteiger partial charge in [-0.2, -0.15) is 0 Å². The Kier molecular flexibility index (Phi) is 7.63. The Labute approximate surface area is 128 Å². The van der Waals surface area contributed by atoms with Gasteiger partial charge in [0.1, 0.15) is 0 Å². The molecule has 0 unspecified atom stereocenters. The molecule has 2 N–H and O–H groups in total. The van der Waals surface area contributed by atoms with Gasteiger partial charge in [0.25, 0.3) is 10.0 Å². The van der Waals surface area contributed by atoms with E-state index in [-0.39, 0.29) is 5.03 Å². The second-order valence-corrected chi connectivity index (χ2v) is 6.40. The quantitative estimate of drug-likeness (QED) is 0.685. The maximum atomic E-state index is 12.3. The van der Waals surface area contributed by atoms with Crippen LogP contribution in [0.25, 0.3) is 0 Å². The minimum Gasteiger partial charge on any atom is -0.383 e. The molecule has 0 spiro atoms. The number of nitrogens with one attached hydrogen (secondary N) is 2. The molecule has 1 rings (SSSR count). The van der Waals surface area contributed by atoms with Gasteiger partial charge in [0.2, 0.25) is 0 Å². The predicted octanol–water partition coefficient (Wildman–Crippen LogP) is 1.52. The molecule has 0 bridgehead atoms. The normalized spacial score (nSPS) is 11.8. The van der Waals surface area contributed by atoms with Crippen LogP contribution in [0.15, 0.2) is 23.4 Å². The van der Waals surface area contributed by atoms with E-state index in [1.165, 1.54) is 6.20 Å². The van der Waals surface area contributed by atoms with Gasteiger partial charge in [-0.25, -0.2) is 18.1 Å². The Balaban J connectivity index is 2.69. The minimum absolute atomic E-state index is 0.0605. The van der Waals surface area contributed by atoms with Crippen LogP contribution in [0.1, 0.15) is 27.2 Å². The van der Waals surface area contributed by atoms with Crippen LogP contribution in [-0.2, 0) is 10.0 Å². The fraction of sp³-hybridized carbons (Fsp3) is 0.643. The molecule has 1 aromatic heterocycles. The lowest BCUT2D eigenvalue weighted by atomic mass is 10.4. The molecule has 7 heteroatoms. The zero-order valence-corrected chi connectivity index (χ0v) is 13.9. The third-order valence-electron chi connectivity index (χ3n) is 3.10. The molecule has 0 atom stereocenters. The smallest absolute Gasteiger partial charge is 0.260 e. The molecule has 0 fully saturated rings. The summed E-state index contributed by atoms with van der Waals surface area (Å²) in [4.78, 5) is 6.21. The van der Waals surface area contributed by atoms with Gasteiger partial charge in [0.05, 0.1) is 5.69 Å². The molecule has 0 aromatic carbocycles. The Morgan fingerprint density at radius 3 is 2.62 bits per heavy atom. The van der Waals surface area contributed by atoms with Crippen molar-refractivity contribution in [3.63, 3.8) is 0 Å². The van der Waals surface area contributed by atoms with E-state index < -0.39 is 10.0 Å². The SMILES string of the molecule is CCCN(CC)CCNS(=O)(=O)c1ncccc1NCC. The van der Waals surface area contributed by atoms with E-state index in [4.69, 9.17) is 0 Å². The maximum absolute atomic E-state index is 12.3. The van der Waals surface area contributed by atoms with Crippen molar-refractivity contribution in [1.82, 2.24) is 14.6 Å². The lowest BCUT2D eigenvalue weighted by Gasteiger charge is -2.19. The van der Waals surface area contributed by atoms with E-state index in [9.17, 15) is 8.42 Å². The van der Waals surface area contributed by atoms with Crippen molar-refractivity contribution in [2.75, 3.05) is 38.0 Å². The highest BCUT2D eigenvalue weighted by Crippen LogP contribution is 2.17. The first kappa shape index (κ1) is 17.9. The highest BCUT2D eigenvalue weighted by molar-refractivity contribution is 7.89. The van der Waals surface area contributed by atoms with Crippen molar-refractivity contribution in [3.05, 3.63) is 18.3 Å². The molecule has 0 amide bonds. The summed E-state index contributed by atoms with van der Waals surface area (Å²) in [7, 11) is -3.58. The van der Waals surface area contributed by atoms with Gasteiger partial charge in [-0.15, -0.1) is 0 Å². The van der Waals surface area contributed by atoms with Crippen molar-refractivity contribution >= 4 is 15.7 Å². The fourth-order valence-electron chi connectivity index (χ4n) is 2.08. The van der Waals surface area contributed by atoms with E-state index in [0.29, 0.717) is 25.3 Å². The van der Waals surface area contributed by atoms with Crippen LogP contribution in [0.3, 0.4) is 0 Å². The summed E-state index contributed by atoms with van der Waals surface area (Å²) in [6.45, 7) is 9.74. The lowest BCUT2D eigenvalue weighted by Crippen LogP contribution is -2.35. The van der Waals surface area contributed by atoms with Gasteiger partial charge in [0.15, 0.2) is 5.03 Å².